The molecule has 0 saturated carbocycles. The monoisotopic (exact) mass is 1100 g/mol. The van der Waals surface area contributed by atoms with Crippen molar-refractivity contribution in [2.75, 3.05) is 40.9 Å². The van der Waals surface area contributed by atoms with Crippen molar-refractivity contribution in [3.63, 3.8) is 0 Å². The van der Waals surface area contributed by atoms with Crippen LogP contribution in [0.1, 0.15) is 303 Å². The van der Waals surface area contributed by atoms with Crippen molar-refractivity contribution in [2.24, 2.45) is 0 Å². The second kappa shape index (κ2) is 57.0. The Kier molecular flexibility index (Phi) is 55.3. The fraction of sp³-hybridized carbons (Fsp3) is 0.821. The van der Waals surface area contributed by atoms with Gasteiger partial charge in [0.25, 0.3) is 7.82 Å². The summed E-state index contributed by atoms with van der Waals surface area (Å²) in [5.74, 6) is -0.543. The van der Waals surface area contributed by atoms with Crippen LogP contribution in [0.5, 0.6) is 0 Å². The van der Waals surface area contributed by atoms with E-state index in [1.54, 1.807) is 0 Å². The van der Waals surface area contributed by atoms with Gasteiger partial charge in [-0.2, -0.15) is 0 Å². The standard InChI is InChI=1S/C67H125N2O7P/c1-7-10-13-16-19-22-25-28-30-31-32-33-34-35-36-37-38-39-40-41-44-47-50-53-56-59-66(70)68-64(63-75-77(72,73)74-62-61-69(4,5)6)65(58-55-52-49-46-43-27-24-21-18-15-12-9-3)76-67(71)60-57-54-51-48-45-42-29-26-23-20-17-14-11-8-2/h11,14,19-20,22-23,28,30,55,58,64-65H,7-10,12-13,15-18,21,24-27,29,31-54,56-57,59-63H2,1-6H3,(H-,68,70,72,73)/b14-11+,22-19-,23-20+,30-28-,58-55-. The van der Waals surface area contributed by atoms with Crippen molar-refractivity contribution in [1.29, 1.82) is 0 Å². The van der Waals surface area contributed by atoms with Crippen LogP contribution in [0.4, 0.5) is 0 Å². The molecule has 77 heavy (non-hydrogen) atoms. The quantitative estimate of drug-likeness (QED) is 0.0212. The van der Waals surface area contributed by atoms with Gasteiger partial charge in [0, 0.05) is 12.8 Å². The van der Waals surface area contributed by atoms with E-state index in [1.807, 2.05) is 33.3 Å². The molecule has 450 valence electrons. The molecule has 1 N–H and O–H groups in total. The van der Waals surface area contributed by atoms with Gasteiger partial charge in [-0.25, -0.2) is 0 Å². The lowest BCUT2D eigenvalue weighted by molar-refractivity contribution is -0.870. The first-order chi connectivity index (χ1) is 37.4. The Hall–Kier alpha value is -2.29. The number of esters is 1. The third-order valence-electron chi connectivity index (χ3n) is 14.4. The Morgan fingerprint density at radius 3 is 1.26 bits per heavy atom. The summed E-state index contributed by atoms with van der Waals surface area (Å²) in [7, 11) is 1.18. The molecule has 1 amide bonds. The summed E-state index contributed by atoms with van der Waals surface area (Å²) >= 11 is 0. The maximum absolute atomic E-state index is 13.6. The van der Waals surface area contributed by atoms with Gasteiger partial charge in [0.1, 0.15) is 19.3 Å². The lowest BCUT2D eigenvalue weighted by atomic mass is 10.0. The van der Waals surface area contributed by atoms with E-state index in [0.29, 0.717) is 17.4 Å². The average Bonchev–Trinajstić information content (AvgIpc) is 3.39. The van der Waals surface area contributed by atoms with Gasteiger partial charge in [-0.3, -0.25) is 14.2 Å². The molecule has 9 nitrogen and oxygen atoms in total. The predicted octanol–water partition coefficient (Wildman–Crippen LogP) is 19.6. The van der Waals surface area contributed by atoms with Crippen LogP contribution < -0.4 is 10.2 Å². The van der Waals surface area contributed by atoms with E-state index in [0.717, 1.165) is 89.9 Å². The molecule has 0 fully saturated rings. The normalized spacial score (nSPS) is 14.0. The number of carbonyl (C=O) groups is 2. The number of phosphoric ester groups is 1. The summed E-state index contributed by atoms with van der Waals surface area (Å²) in [6, 6.07) is -0.891. The van der Waals surface area contributed by atoms with Crippen molar-refractivity contribution in [2.45, 2.75) is 315 Å². The number of ether oxygens (including phenoxy) is 1. The van der Waals surface area contributed by atoms with Crippen molar-refractivity contribution in [3.05, 3.63) is 60.8 Å². The molecule has 0 heterocycles. The minimum Gasteiger partial charge on any atom is -0.756 e. The number of quaternary nitrogens is 1. The Morgan fingerprint density at radius 2 is 0.831 bits per heavy atom. The number of rotatable bonds is 59. The number of carbonyl (C=O) groups excluding carboxylic acids is 2. The molecule has 0 aliphatic carbocycles. The lowest BCUT2D eigenvalue weighted by Crippen LogP contribution is -2.47. The van der Waals surface area contributed by atoms with Crippen LogP contribution in [0.15, 0.2) is 60.8 Å². The molecular formula is C67H125N2O7P. The number of unbranched alkanes of at least 4 members (excludes halogenated alkanes) is 35. The first kappa shape index (κ1) is 74.7. The van der Waals surface area contributed by atoms with Crippen LogP contribution in [-0.4, -0.2) is 69.4 Å². The van der Waals surface area contributed by atoms with Gasteiger partial charge in [0.15, 0.2) is 0 Å². The Labute approximate surface area is 477 Å². The largest absolute Gasteiger partial charge is 0.756 e. The number of nitrogens with zero attached hydrogens (tertiary/aromatic N) is 1. The highest BCUT2D eigenvalue weighted by molar-refractivity contribution is 7.45. The molecule has 0 aliphatic rings. The predicted molar refractivity (Wildman–Crippen MR) is 330 cm³/mol. The molecular weight excluding hydrogens is 976 g/mol. The number of hydrogen-bond acceptors (Lipinski definition) is 7. The van der Waals surface area contributed by atoms with Crippen LogP contribution in [-0.2, 0) is 27.9 Å². The summed E-state index contributed by atoms with van der Waals surface area (Å²) < 4.78 is 30.3. The molecule has 3 atom stereocenters. The SMILES string of the molecule is CC/C=C/C/C=C/CCCCCCCCCC(=O)OC(/C=C\CCCCCCCCCCCC)C(COP(=O)([O-])OCC[N+](C)(C)C)NC(=O)CCCCCCCCCCCCCCCCC/C=C\C/C=C\CCCCC. The van der Waals surface area contributed by atoms with E-state index < -0.39 is 20.0 Å². The number of likely N-dealkylation sites (N-methyl/N-ethyl adjacent to an activating group) is 1. The van der Waals surface area contributed by atoms with Gasteiger partial charge in [-0.05, 0) is 89.5 Å². The van der Waals surface area contributed by atoms with E-state index >= 15 is 0 Å². The van der Waals surface area contributed by atoms with E-state index in [9.17, 15) is 19.0 Å². The van der Waals surface area contributed by atoms with E-state index in [-0.39, 0.29) is 31.5 Å². The van der Waals surface area contributed by atoms with Gasteiger partial charge in [0.2, 0.25) is 5.91 Å². The van der Waals surface area contributed by atoms with E-state index in [1.165, 1.54) is 180 Å². The molecule has 0 aromatic carbocycles. The zero-order valence-corrected chi connectivity index (χ0v) is 52.3. The Balaban J connectivity index is 5.07. The van der Waals surface area contributed by atoms with Crippen LogP contribution >= 0.6 is 7.82 Å². The van der Waals surface area contributed by atoms with Crippen molar-refractivity contribution < 1.29 is 37.3 Å². The zero-order valence-electron chi connectivity index (χ0n) is 51.4. The molecule has 0 rings (SSSR count). The summed E-state index contributed by atoms with van der Waals surface area (Å²) in [6.07, 6.45) is 72.0. The summed E-state index contributed by atoms with van der Waals surface area (Å²) in [5, 5.41) is 3.03. The topological polar surface area (TPSA) is 114 Å². The highest BCUT2D eigenvalue weighted by Crippen LogP contribution is 2.38. The van der Waals surface area contributed by atoms with Gasteiger partial charge in [0.05, 0.1) is 33.8 Å². The number of nitrogens with one attached hydrogen (secondary N) is 1. The molecule has 3 unspecified atom stereocenters. The van der Waals surface area contributed by atoms with Gasteiger partial charge < -0.3 is 28.5 Å². The second-order valence-corrected chi connectivity index (χ2v) is 24.6. The molecule has 0 spiro atoms. The minimum absolute atomic E-state index is 0.0238. The molecule has 0 saturated heterocycles. The highest BCUT2D eigenvalue weighted by Gasteiger charge is 2.27. The first-order valence-electron chi connectivity index (χ1n) is 32.6. The number of allylic oxidation sites excluding steroid dienone is 9. The van der Waals surface area contributed by atoms with Crippen LogP contribution in [0.25, 0.3) is 0 Å². The van der Waals surface area contributed by atoms with Gasteiger partial charge in [-0.1, -0.05) is 262 Å². The molecule has 0 aromatic heterocycles. The van der Waals surface area contributed by atoms with Crippen LogP contribution in [0.3, 0.4) is 0 Å². The zero-order chi connectivity index (χ0) is 56.4. The highest BCUT2D eigenvalue weighted by atomic mass is 31.2. The van der Waals surface area contributed by atoms with Gasteiger partial charge in [-0.15, -0.1) is 0 Å². The molecule has 0 bridgehead atoms. The minimum atomic E-state index is -4.70. The summed E-state index contributed by atoms with van der Waals surface area (Å²) in [6.45, 7) is 6.73. The lowest BCUT2D eigenvalue weighted by Gasteiger charge is -2.30. The number of amides is 1. The Morgan fingerprint density at radius 1 is 0.468 bits per heavy atom. The second-order valence-electron chi connectivity index (χ2n) is 23.2. The fourth-order valence-electron chi connectivity index (χ4n) is 9.41. The molecule has 10 heteroatoms. The maximum Gasteiger partial charge on any atom is 0.306 e. The fourth-order valence-corrected chi connectivity index (χ4v) is 10.1. The first-order valence-corrected chi connectivity index (χ1v) is 34.1. The molecule has 0 radical (unpaired) electrons. The maximum atomic E-state index is 13.6. The van der Waals surface area contributed by atoms with Crippen LogP contribution in [0, 0.1) is 0 Å². The molecule has 0 aromatic rings. The third kappa shape index (κ3) is 58.2. The van der Waals surface area contributed by atoms with Crippen molar-refractivity contribution >= 4 is 19.7 Å². The third-order valence-corrected chi connectivity index (χ3v) is 15.4. The Bertz CT molecular complexity index is 1500. The summed E-state index contributed by atoms with van der Waals surface area (Å²) in [4.78, 5) is 40.0. The van der Waals surface area contributed by atoms with Crippen molar-refractivity contribution in [3.8, 4) is 0 Å². The summed E-state index contributed by atoms with van der Waals surface area (Å²) in [5.41, 5.74) is 0. The van der Waals surface area contributed by atoms with Crippen molar-refractivity contribution in [1.82, 2.24) is 5.32 Å². The molecule has 0 aliphatic heterocycles. The smallest absolute Gasteiger partial charge is 0.306 e. The van der Waals surface area contributed by atoms with Gasteiger partial charge >= 0.3 is 5.97 Å². The number of phosphoric acid groups is 1. The van der Waals surface area contributed by atoms with E-state index in [4.69, 9.17) is 13.8 Å². The average molecular weight is 1100 g/mol. The number of hydrogen-bond donors (Lipinski definition) is 1. The van der Waals surface area contributed by atoms with Crippen LogP contribution in [0.2, 0.25) is 0 Å². The van der Waals surface area contributed by atoms with E-state index in [2.05, 4.69) is 74.7 Å².